The normalized spacial score (nSPS) is 35.6. The van der Waals surface area contributed by atoms with Gasteiger partial charge in [-0.1, -0.05) is 19.8 Å². The summed E-state index contributed by atoms with van der Waals surface area (Å²) in [6.45, 7) is 4.96. The van der Waals surface area contributed by atoms with Crippen molar-refractivity contribution in [2.75, 3.05) is 19.0 Å². The van der Waals surface area contributed by atoms with Crippen LogP contribution in [0.3, 0.4) is 0 Å². The second kappa shape index (κ2) is 4.85. The molecule has 0 aromatic carbocycles. The van der Waals surface area contributed by atoms with Gasteiger partial charge < -0.3 is 0 Å². The Balaban J connectivity index is 1.84. The van der Waals surface area contributed by atoms with E-state index in [1.807, 2.05) is 0 Å². The van der Waals surface area contributed by atoms with Crippen molar-refractivity contribution in [1.82, 2.24) is 4.90 Å². The van der Waals surface area contributed by atoms with Crippen LogP contribution in [0.1, 0.15) is 39.0 Å². The van der Waals surface area contributed by atoms with Crippen LogP contribution >= 0.6 is 11.6 Å². The quantitative estimate of drug-likeness (QED) is 0.654. The topological polar surface area (TPSA) is 3.24 Å². The van der Waals surface area contributed by atoms with Crippen LogP contribution in [0, 0.1) is 11.8 Å². The van der Waals surface area contributed by atoms with E-state index in [0.29, 0.717) is 6.04 Å². The van der Waals surface area contributed by atoms with Crippen LogP contribution in [0.4, 0.5) is 0 Å². The van der Waals surface area contributed by atoms with Crippen molar-refractivity contribution in [2.24, 2.45) is 11.8 Å². The first-order chi connectivity index (χ1) is 6.81. The number of alkyl halides is 1. The van der Waals surface area contributed by atoms with E-state index in [1.165, 1.54) is 45.2 Å². The van der Waals surface area contributed by atoms with Crippen molar-refractivity contribution in [1.29, 1.82) is 0 Å². The second-order valence-electron chi connectivity index (χ2n) is 5.13. The maximum Gasteiger partial charge on any atom is 0.0382 e. The van der Waals surface area contributed by atoms with Gasteiger partial charge in [-0.05, 0) is 37.6 Å². The van der Waals surface area contributed by atoms with E-state index in [-0.39, 0.29) is 0 Å². The molecule has 0 bridgehead atoms. The molecule has 1 heterocycles. The average molecular weight is 216 g/mol. The molecule has 82 valence electrons. The largest absolute Gasteiger partial charge is 0.299 e. The summed E-state index contributed by atoms with van der Waals surface area (Å²) in [7, 11) is 0. The molecule has 2 fully saturated rings. The molecule has 14 heavy (non-hydrogen) atoms. The van der Waals surface area contributed by atoms with E-state index in [2.05, 4.69) is 11.8 Å². The number of nitrogens with zero attached hydrogens (tertiary/aromatic N) is 1. The third kappa shape index (κ3) is 2.25. The van der Waals surface area contributed by atoms with Gasteiger partial charge in [0, 0.05) is 18.5 Å². The molecule has 2 aliphatic rings. The van der Waals surface area contributed by atoms with Crippen LogP contribution < -0.4 is 0 Å². The Morgan fingerprint density at radius 1 is 1.21 bits per heavy atom. The van der Waals surface area contributed by atoms with Gasteiger partial charge in [-0.25, -0.2) is 0 Å². The fourth-order valence-electron chi connectivity index (χ4n) is 3.09. The Labute approximate surface area is 92.8 Å². The first-order valence-electron chi connectivity index (χ1n) is 6.11. The van der Waals surface area contributed by atoms with Gasteiger partial charge in [0.15, 0.2) is 0 Å². The maximum atomic E-state index is 6.04. The summed E-state index contributed by atoms with van der Waals surface area (Å²) in [6.07, 6.45) is 7.18. The van der Waals surface area contributed by atoms with Crippen molar-refractivity contribution < 1.29 is 0 Å². The van der Waals surface area contributed by atoms with Crippen LogP contribution in [0.2, 0.25) is 0 Å². The number of hydrogen-bond acceptors (Lipinski definition) is 1. The molecule has 1 saturated heterocycles. The highest BCUT2D eigenvalue weighted by Crippen LogP contribution is 2.30. The molecule has 2 heteroatoms. The van der Waals surface area contributed by atoms with Gasteiger partial charge in [-0.3, -0.25) is 4.90 Å². The van der Waals surface area contributed by atoms with E-state index in [4.69, 9.17) is 11.6 Å². The van der Waals surface area contributed by atoms with Crippen LogP contribution in [0.15, 0.2) is 0 Å². The number of rotatable bonds is 3. The van der Waals surface area contributed by atoms with Crippen molar-refractivity contribution in [3.8, 4) is 0 Å². The zero-order valence-corrected chi connectivity index (χ0v) is 9.97. The lowest BCUT2D eigenvalue weighted by atomic mass is 10.0. The van der Waals surface area contributed by atoms with Gasteiger partial charge in [0.2, 0.25) is 0 Å². The van der Waals surface area contributed by atoms with Gasteiger partial charge in [-0.2, -0.15) is 0 Å². The first-order valence-corrected chi connectivity index (χ1v) is 6.64. The van der Waals surface area contributed by atoms with E-state index in [1.54, 1.807) is 0 Å². The second-order valence-corrected chi connectivity index (χ2v) is 5.44. The number of hydrogen-bond donors (Lipinski definition) is 0. The molecule has 1 aliphatic carbocycles. The summed E-state index contributed by atoms with van der Waals surface area (Å²) in [5.41, 5.74) is 0. The predicted octanol–water partition coefficient (Wildman–Crippen LogP) is 3.13. The molecule has 1 nitrogen and oxygen atoms in total. The predicted molar refractivity (Wildman–Crippen MR) is 61.8 cm³/mol. The highest BCUT2D eigenvalue weighted by atomic mass is 35.5. The summed E-state index contributed by atoms with van der Waals surface area (Å²) >= 11 is 6.04. The van der Waals surface area contributed by atoms with Gasteiger partial charge in [0.05, 0.1) is 0 Å². The lowest BCUT2D eigenvalue weighted by molar-refractivity contribution is 0.213. The molecule has 2 unspecified atom stereocenters. The minimum atomic E-state index is 0.664. The van der Waals surface area contributed by atoms with Crippen molar-refractivity contribution >= 4 is 11.6 Å². The molecule has 2 rings (SSSR count). The first kappa shape index (κ1) is 10.8. The summed E-state index contributed by atoms with van der Waals surface area (Å²) < 4.78 is 0. The van der Waals surface area contributed by atoms with Crippen molar-refractivity contribution in [3.05, 3.63) is 0 Å². The monoisotopic (exact) mass is 215 g/mol. The Morgan fingerprint density at radius 2 is 1.93 bits per heavy atom. The molecule has 1 saturated carbocycles. The SMILES string of the molecule is CC1CCN(CC2CCCC2)C1CCl. The van der Waals surface area contributed by atoms with Crippen molar-refractivity contribution in [2.45, 2.75) is 45.1 Å². The lowest BCUT2D eigenvalue weighted by Gasteiger charge is -2.27. The van der Waals surface area contributed by atoms with E-state index < -0.39 is 0 Å². The van der Waals surface area contributed by atoms with E-state index in [0.717, 1.165) is 17.7 Å². The molecule has 0 N–H and O–H groups in total. The molecule has 0 aromatic heterocycles. The molecular formula is C12H22ClN. The maximum absolute atomic E-state index is 6.04. The summed E-state index contributed by atoms with van der Waals surface area (Å²) in [5, 5.41) is 0. The minimum absolute atomic E-state index is 0.664. The van der Waals surface area contributed by atoms with Gasteiger partial charge in [-0.15, -0.1) is 11.6 Å². The zero-order valence-electron chi connectivity index (χ0n) is 9.21. The number of halogens is 1. The highest BCUT2D eigenvalue weighted by molar-refractivity contribution is 6.18. The van der Waals surface area contributed by atoms with E-state index >= 15 is 0 Å². The van der Waals surface area contributed by atoms with Crippen LogP contribution in [0.5, 0.6) is 0 Å². The Morgan fingerprint density at radius 3 is 2.57 bits per heavy atom. The summed E-state index contributed by atoms with van der Waals surface area (Å²) in [4.78, 5) is 2.65. The smallest absolute Gasteiger partial charge is 0.0382 e. The third-order valence-corrected chi connectivity index (χ3v) is 4.44. The molecule has 0 amide bonds. The van der Waals surface area contributed by atoms with Gasteiger partial charge >= 0.3 is 0 Å². The minimum Gasteiger partial charge on any atom is -0.299 e. The fraction of sp³-hybridized carbons (Fsp3) is 1.00. The van der Waals surface area contributed by atoms with Crippen LogP contribution in [0.25, 0.3) is 0 Å². The third-order valence-electron chi connectivity index (χ3n) is 4.12. The Hall–Kier alpha value is 0.250. The zero-order chi connectivity index (χ0) is 9.97. The molecule has 1 aliphatic heterocycles. The molecule has 0 aromatic rings. The van der Waals surface area contributed by atoms with E-state index in [9.17, 15) is 0 Å². The summed E-state index contributed by atoms with van der Waals surface area (Å²) in [5.74, 6) is 2.62. The molecule has 0 radical (unpaired) electrons. The molecular weight excluding hydrogens is 194 g/mol. The van der Waals surface area contributed by atoms with Gasteiger partial charge in [0.25, 0.3) is 0 Å². The number of likely N-dealkylation sites (tertiary alicyclic amines) is 1. The van der Waals surface area contributed by atoms with Crippen molar-refractivity contribution in [3.63, 3.8) is 0 Å². The Bertz CT molecular complexity index is 177. The van der Waals surface area contributed by atoms with Crippen LogP contribution in [-0.4, -0.2) is 29.9 Å². The van der Waals surface area contributed by atoms with Crippen LogP contribution in [-0.2, 0) is 0 Å². The fourth-order valence-corrected chi connectivity index (χ4v) is 3.59. The molecule has 2 atom stereocenters. The highest BCUT2D eigenvalue weighted by Gasteiger charge is 2.32. The summed E-state index contributed by atoms with van der Waals surface area (Å²) in [6, 6.07) is 0.664. The van der Waals surface area contributed by atoms with Gasteiger partial charge in [0.1, 0.15) is 0 Å². The Kier molecular flexibility index (Phi) is 3.73. The lowest BCUT2D eigenvalue weighted by Crippen LogP contribution is -2.36. The average Bonchev–Trinajstić information content (AvgIpc) is 2.77. The standard InChI is InChI=1S/C12H22ClN/c1-10-6-7-14(12(10)8-13)9-11-4-2-3-5-11/h10-12H,2-9H2,1H3. The molecule has 0 spiro atoms.